The lowest BCUT2D eigenvalue weighted by atomic mass is 9.91. The van der Waals surface area contributed by atoms with Crippen molar-refractivity contribution in [2.45, 2.75) is 20.3 Å². The summed E-state index contributed by atoms with van der Waals surface area (Å²) in [4.78, 5) is 0. The van der Waals surface area contributed by atoms with Gasteiger partial charge in [-0.3, -0.25) is 0 Å². The Balaban J connectivity index is 2.37. The summed E-state index contributed by atoms with van der Waals surface area (Å²) in [5.74, 6) is 0. The minimum Gasteiger partial charge on any atom is -0.380 e. The smallest absolute Gasteiger partial charge is 0.0604 e. The molecule has 2 heteroatoms. The van der Waals surface area contributed by atoms with Crippen LogP contribution in [0.2, 0.25) is 0 Å². The molecule has 0 aromatic carbocycles. The molecule has 1 N–H and O–H groups in total. The summed E-state index contributed by atoms with van der Waals surface area (Å²) in [5.41, 5.74) is 0.102. The van der Waals surface area contributed by atoms with Gasteiger partial charge in [0.05, 0.1) is 6.61 Å². The molecule has 1 rings (SSSR count). The van der Waals surface area contributed by atoms with E-state index in [1.807, 2.05) is 6.92 Å². The van der Waals surface area contributed by atoms with Gasteiger partial charge in [0.25, 0.3) is 0 Å². The molecule has 0 amide bonds. The number of allylic oxidation sites excluding steroid dienone is 2. The standard InChI is InChI=1S/C12H21NO/c1-3-9-13-10-12(11-14-4-2)7-5-6-8-12/h5-8,13H,3-4,9-11H2,1-2H3. The molecule has 80 valence electrons. The molecule has 0 saturated carbocycles. The molecule has 0 heterocycles. The fourth-order valence-electron chi connectivity index (χ4n) is 1.61. The fourth-order valence-corrected chi connectivity index (χ4v) is 1.61. The summed E-state index contributed by atoms with van der Waals surface area (Å²) in [7, 11) is 0. The van der Waals surface area contributed by atoms with E-state index in [1.165, 1.54) is 6.42 Å². The van der Waals surface area contributed by atoms with Gasteiger partial charge in [0, 0.05) is 18.6 Å². The van der Waals surface area contributed by atoms with E-state index < -0.39 is 0 Å². The zero-order valence-corrected chi connectivity index (χ0v) is 9.25. The van der Waals surface area contributed by atoms with Crippen LogP contribution in [0, 0.1) is 5.41 Å². The Morgan fingerprint density at radius 1 is 1.21 bits per heavy atom. The maximum Gasteiger partial charge on any atom is 0.0604 e. The van der Waals surface area contributed by atoms with Crippen LogP contribution in [0.3, 0.4) is 0 Å². The molecule has 0 atom stereocenters. The van der Waals surface area contributed by atoms with Crippen molar-refractivity contribution < 1.29 is 4.74 Å². The summed E-state index contributed by atoms with van der Waals surface area (Å²) in [6.45, 7) is 7.85. The number of hydrogen-bond acceptors (Lipinski definition) is 2. The summed E-state index contributed by atoms with van der Waals surface area (Å²) < 4.78 is 5.51. The van der Waals surface area contributed by atoms with Gasteiger partial charge in [0.1, 0.15) is 0 Å². The minimum atomic E-state index is 0.102. The van der Waals surface area contributed by atoms with Crippen LogP contribution in [0.15, 0.2) is 24.3 Å². The Hall–Kier alpha value is -0.600. The van der Waals surface area contributed by atoms with Gasteiger partial charge in [-0.2, -0.15) is 0 Å². The maximum atomic E-state index is 5.51. The molecular weight excluding hydrogens is 174 g/mol. The SMILES string of the molecule is CCCNCC1(COCC)C=CC=C1. The quantitative estimate of drug-likeness (QED) is 0.628. The Labute approximate surface area is 87.0 Å². The van der Waals surface area contributed by atoms with Gasteiger partial charge >= 0.3 is 0 Å². The van der Waals surface area contributed by atoms with Crippen molar-refractivity contribution >= 4 is 0 Å². The Kier molecular flexibility index (Phi) is 4.91. The van der Waals surface area contributed by atoms with Gasteiger partial charge in [-0.15, -0.1) is 0 Å². The molecule has 0 fully saturated rings. The predicted octanol–water partition coefficient (Wildman–Crippen LogP) is 2.13. The molecule has 0 aromatic rings. The largest absolute Gasteiger partial charge is 0.380 e. The first kappa shape index (κ1) is 11.5. The van der Waals surface area contributed by atoms with Crippen molar-refractivity contribution in [3.63, 3.8) is 0 Å². The van der Waals surface area contributed by atoms with Crippen molar-refractivity contribution in [1.82, 2.24) is 5.32 Å². The topological polar surface area (TPSA) is 21.3 Å². The molecule has 1 aliphatic carbocycles. The van der Waals surface area contributed by atoms with Crippen molar-refractivity contribution in [3.05, 3.63) is 24.3 Å². The van der Waals surface area contributed by atoms with Crippen molar-refractivity contribution in [3.8, 4) is 0 Å². The third kappa shape index (κ3) is 3.28. The van der Waals surface area contributed by atoms with E-state index in [4.69, 9.17) is 4.74 Å². The highest BCUT2D eigenvalue weighted by atomic mass is 16.5. The van der Waals surface area contributed by atoms with Crippen LogP contribution in [0.5, 0.6) is 0 Å². The van der Waals surface area contributed by atoms with Gasteiger partial charge in [-0.25, -0.2) is 0 Å². The zero-order valence-electron chi connectivity index (χ0n) is 9.25. The molecule has 0 saturated heterocycles. The van der Waals surface area contributed by atoms with Crippen LogP contribution in [-0.4, -0.2) is 26.3 Å². The first-order chi connectivity index (χ1) is 6.83. The third-order valence-electron chi connectivity index (χ3n) is 2.42. The first-order valence-electron chi connectivity index (χ1n) is 5.48. The van der Waals surface area contributed by atoms with Crippen LogP contribution in [0.4, 0.5) is 0 Å². The first-order valence-corrected chi connectivity index (χ1v) is 5.48. The predicted molar refractivity (Wildman–Crippen MR) is 60.4 cm³/mol. The van der Waals surface area contributed by atoms with Gasteiger partial charge < -0.3 is 10.1 Å². The van der Waals surface area contributed by atoms with Crippen LogP contribution >= 0.6 is 0 Å². The second-order valence-electron chi connectivity index (χ2n) is 3.77. The van der Waals surface area contributed by atoms with E-state index >= 15 is 0 Å². The highest BCUT2D eigenvalue weighted by Crippen LogP contribution is 2.25. The van der Waals surface area contributed by atoms with Crippen molar-refractivity contribution in [2.75, 3.05) is 26.3 Å². The maximum absolute atomic E-state index is 5.51. The van der Waals surface area contributed by atoms with Gasteiger partial charge in [-0.05, 0) is 19.9 Å². The van der Waals surface area contributed by atoms with Crippen molar-refractivity contribution in [2.24, 2.45) is 5.41 Å². The number of ether oxygens (including phenoxy) is 1. The van der Waals surface area contributed by atoms with E-state index in [2.05, 4.69) is 36.5 Å². The van der Waals surface area contributed by atoms with E-state index in [-0.39, 0.29) is 5.41 Å². The second kappa shape index (κ2) is 5.99. The number of rotatable bonds is 7. The number of hydrogen-bond donors (Lipinski definition) is 1. The molecule has 0 aromatic heterocycles. The molecule has 0 unspecified atom stereocenters. The zero-order chi connectivity index (χ0) is 10.3. The summed E-state index contributed by atoms with van der Waals surface area (Å²) in [6, 6.07) is 0. The molecule has 1 aliphatic rings. The van der Waals surface area contributed by atoms with Crippen LogP contribution in [-0.2, 0) is 4.74 Å². The summed E-state index contributed by atoms with van der Waals surface area (Å²) >= 11 is 0. The highest BCUT2D eigenvalue weighted by Gasteiger charge is 2.25. The molecule has 0 aliphatic heterocycles. The van der Waals surface area contributed by atoms with E-state index in [0.717, 1.165) is 26.3 Å². The van der Waals surface area contributed by atoms with E-state index in [1.54, 1.807) is 0 Å². The van der Waals surface area contributed by atoms with E-state index in [0.29, 0.717) is 0 Å². The van der Waals surface area contributed by atoms with Crippen LogP contribution in [0.1, 0.15) is 20.3 Å². The van der Waals surface area contributed by atoms with Crippen LogP contribution in [0.25, 0.3) is 0 Å². The molecule has 0 bridgehead atoms. The highest BCUT2D eigenvalue weighted by molar-refractivity contribution is 5.25. The van der Waals surface area contributed by atoms with Gasteiger partial charge in [-0.1, -0.05) is 31.2 Å². The lowest BCUT2D eigenvalue weighted by Crippen LogP contribution is -2.34. The lowest BCUT2D eigenvalue weighted by Gasteiger charge is -2.25. The molecule has 0 radical (unpaired) electrons. The summed E-state index contributed by atoms with van der Waals surface area (Å²) in [5, 5.41) is 3.44. The average molecular weight is 195 g/mol. The lowest BCUT2D eigenvalue weighted by molar-refractivity contribution is 0.0982. The molecule has 14 heavy (non-hydrogen) atoms. The Morgan fingerprint density at radius 2 is 1.93 bits per heavy atom. The average Bonchev–Trinajstić information content (AvgIpc) is 2.65. The van der Waals surface area contributed by atoms with Crippen LogP contribution < -0.4 is 5.32 Å². The van der Waals surface area contributed by atoms with E-state index in [9.17, 15) is 0 Å². The van der Waals surface area contributed by atoms with Crippen molar-refractivity contribution in [1.29, 1.82) is 0 Å². The Bertz CT molecular complexity index is 196. The molecule has 2 nitrogen and oxygen atoms in total. The number of nitrogens with one attached hydrogen (secondary N) is 1. The normalized spacial score (nSPS) is 17.9. The minimum absolute atomic E-state index is 0.102. The summed E-state index contributed by atoms with van der Waals surface area (Å²) in [6.07, 6.45) is 9.84. The van der Waals surface area contributed by atoms with Gasteiger partial charge in [0.2, 0.25) is 0 Å². The molecular formula is C12H21NO. The van der Waals surface area contributed by atoms with Gasteiger partial charge in [0.15, 0.2) is 0 Å². The monoisotopic (exact) mass is 195 g/mol. The fraction of sp³-hybridized carbons (Fsp3) is 0.667. The second-order valence-corrected chi connectivity index (χ2v) is 3.77. The third-order valence-corrected chi connectivity index (χ3v) is 2.42. The Morgan fingerprint density at radius 3 is 2.50 bits per heavy atom. The molecule has 0 spiro atoms.